The fraction of sp³-hybridized carbons (Fsp3) is 0.227. The smallest absolute Gasteiger partial charge is 0.406 e. The van der Waals surface area contributed by atoms with E-state index < -0.39 is 6.36 Å². The van der Waals surface area contributed by atoms with Crippen molar-refractivity contribution in [1.29, 1.82) is 0 Å². The lowest BCUT2D eigenvalue weighted by Crippen LogP contribution is -2.39. The molecule has 1 aliphatic heterocycles. The minimum absolute atomic E-state index is 0. The van der Waals surface area contributed by atoms with Crippen LogP contribution >= 0.6 is 12.4 Å². The Kier molecular flexibility index (Phi) is 6.62. The van der Waals surface area contributed by atoms with Gasteiger partial charge in [0.1, 0.15) is 11.4 Å². The molecule has 1 amide bonds. The highest BCUT2D eigenvalue weighted by atomic mass is 35.5. The summed E-state index contributed by atoms with van der Waals surface area (Å²) in [6.45, 7) is 1.66. The Hall–Kier alpha value is -2.97. The maximum atomic E-state index is 13.0. The van der Waals surface area contributed by atoms with Gasteiger partial charge in [0, 0.05) is 30.5 Å². The number of amides is 1. The Labute approximate surface area is 183 Å². The quantitative estimate of drug-likeness (QED) is 0.615. The van der Waals surface area contributed by atoms with Crippen LogP contribution in [0.3, 0.4) is 0 Å². The van der Waals surface area contributed by atoms with Crippen molar-refractivity contribution >= 4 is 24.0 Å². The topological polar surface area (TPSA) is 60.5 Å². The van der Waals surface area contributed by atoms with Gasteiger partial charge in [0.05, 0.1) is 0 Å². The summed E-state index contributed by atoms with van der Waals surface area (Å²) in [6, 6.07) is 15.2. The van der Waals surface area contributed by atoms with Crippen molar-refractivity contribution in [2.24, 2.45) is 5.73 Å². The molecule has 0 saturated carbocycles. The molecule has 0 unspecified atom stereocenters. The summed E-state index contributed by atoms with van der Waals surface area (Å²) in [6.07, 6.45) is -2.20. The van der Waals surface area contributed by atoms with Gasteiger partial charge >= 0.3 is 6.36 Å². The number of halogens is 4. The first-order valence-corrected chi connectivity index (χ1v) is 9.51. The van der Waals surface area contributed by atoms with Crippen molar-refractivity contribution in [2.75, 3.05) is 18.0 Å². The Morgan fingerprint density at radius 2 is 1.74 bits per heavy atom. The first-order valence-electron chi connectivity index (χ1n) is 9.51. The molecule has 1 aromatic heterocycles. The first kappa shape index (κ1) is 22.7. The number of rotatable bonds is 5. The minimum atomic E-state index is -4.76. The van der Waals surface area contributed by atoms with Crippen molar-refractivity contribution in [3.8, 4) is 16.9 Å². The molecule has 1 aliphatic rings. The number of nitrogens with zero attached hydrogens (tertiary/aromatic N) is 2. The molecular weight excluding hydrogens is 431 g/mol. The fourth-order valence-corrected chi connectivity index (χ4v) is 3.61. The van der Waals surface area contributed by atoms with Gasteiger partial charge in [-0.3, -0.25) is 4.79 Å². The zero-order chi connectivity index (χ0) is 21.3. The Morgan fingerprint density at radius 3 is 2.42 bits per heavy atom. The van der Waals surface area contributed by atoms with Crippen LogP contribution in [0.15, 0.2) is 60.8 Å². The predicted molar refractivity (Wildman–Crippen MR) is 115 cm³/mol. The van der Waals surface area contributed by atoms with Crippen LogP contribution in [0, 0.1) is 0 Å². The van der Waals surface area contributed by atoms with E-state index in [1.165, 1.54) is 18.2 Å². The van der Waals surface area contributed by atoms with Crippen molar-refractivity contribution in [2.45, 2.75) is 19.3 Å². The number of nitrogens with two attached hydrogens (primary N) is 1. The monoisotopic (exact) mass is 451 g/mol. The number of benzene rings is 2. The molecule has 0 aliphatic carbocycles. The second kappa shape index (κ2) is 9.03. The van der Waals surface area contributed by atoms with E-state index in [1.54, 1.807) is 23.2 Å². The van der Waals surface area contributed by atoms with Gasteiger partial charge < -0.3 is 19.9 Å². The molecule has 2 heterocycles. The van der Waals surface area contributed by atoms with Crippen LogP contribution in [0.2, 0.25) is 0 Å². The van der Waals surface area contributed by atoms with Crippen molar-refractivity contribution < 1.29 is 22.7 Å². The van der Waals surface area contributed by atoms with E-state index in [1.807, 2.05) is 28.8 Å². The minimum Gasteiger partial charge on any atom is -0.406 e. The maximum absolute atomic E-state index is 13.0. The zero-order valence-electron chi connectivity index (χ0n) is 16.4. The van der Waals surface area contributed by atoms with Gasteiger partial charge in [0.15, 0.2) is 0 Å². The van der Waals surface area contributed by atoms with Crippen LogP contribution in [-0.2, 0) is 13.0 Å². The predicted octanol–water partition coefficient (Wildman–Crippen LogP) is 4.64. The van der Waals surface area contributed by atoms with Gasteiger partial charge in [-0.05, 0) is 54.4 Å². The highest BCUT2D eigenvalue weighted by molar-refractivity contribution is 6.06. The van der Waals surface area contributed by atoms with E-state index in [4.69, 9.17) is 5.73 Å². The number of carbonyl (C=O) groups excluding carboxylic acids is 1. The van der Waals surface area contributed by atoms with E-state index in [2.05, 4.69) is 4.74 Å². The first-order chi connectivity index (χ1) is 14.3. The number of hydrogen-bond donors (Lipinski definition) is 1. The van der Waals surface area contributed by atoms with Gasteiger partial charge in [-0.1, -0.05) is 24.3 Å². The lowest BCUT2D eigenvalue weighted by molar-refractivity contribution is -0.274. The summed E-state index contributed by atoms with van der Waals surface area (Å²) in [7, 11) is 0. The van der Waals surface area contributed by atoms with E-state index in [9.17, 15) is 18.0 Å². The second-order valence-corrected chi connectivity index (χ2v) is 7.04. The van der Waals surface area contributed by atoms with Gasteiger partial charge in [0.2, 0.25) is 0 Å². The van der Waals surface area contributed by atoms with Crippen molar-refractivity contribution in [3.63, 3.8) is 0 Å². The standard InChI is InChI=1S/C22H20F3N3O2.ClH/c23-22(24,25)30-19-3-1-2-16(12-19)17-13-20-21(29)28(11-10-27(20)14-17)18-6-4-15(5-7-18)8-9-26;/h1-7,12-14H,8-11,26H2;1H. The number of ether oxygens (including phenoxy) is 1. The second-order valence-electron chi connectivity index (χ2n) is 7.04. The van der Waals surface area contributed by atoms with Crippen molar-refractivity contribution in [3.05, 3.63) is 72.1 Å². The highest BCUT2D eigenvalue weighted by Crippen LogP contribution is 2.31. The number of carbonyl (C=O) groups is 1. The van der Waals surface area contributed by atoms with Crippen molar-refractivity contribution in [1.82, 2.24) is 4.57 Å². The summed E-state index contributed by atoms with van der Waals surface area (Å²) >= 11 is 0. The summed E-state index contributed by atoms with van der Waals surface area (Å²) in [4.78, 5) is 14.7. The molecule has 0 fully saturated rings. The van der Waals surface area contributed by atoms with Crippen LogP contribution in [-0.4, -0.2) is 29.9 Å². The molecular formula is C22H21ClF3N3O2. The van der Waals surface area contributed by atoms with Gasteiger partial charge in [-0.15, -0.1) is 25.6 Å². The number of fused-ring (bicyclic) bond motifs is 1. The van der Waals surface area contributed by atoms with Crippen LogP contribution in [0.5, 0.6) is 5.75 Å². The van der Waals surface area contributed by atoms with Crippen LogP contribution < -0.4 is 15.4 Å². The lowest BCUT2D eigenvalue weighted by Gasteiger charge is -2.28. The maximum Gasteiger partial charge on any atom is 0.573 e. The van der Waals surface area contributed by atoms with Crippen LogP contribution in [0.1, 0.15) is 16.1 Å². The molecule has 2 aromatic carbocycles. The zero-order valence-corrected chi connectivity index (χ0v) is 17.2. The summed E-state index contributed by atoms with van der Waals surface area (Å²) in [5.41, 5.74) is 9.18. The van der Waals surface area contributed by atoms with Crippen LogP contribution in [0.4, 0.5) is 18.9 Å². The fourth-order valence-electron chi connectivity index (χ4n) is 3.61. The molecule has 0 spiro atoms. The third kappa shape index (κ3) is 5.03. The number of aromatic nitrogens is 1. The number of alkyl halides is 3. The average molecular weight is 452 g/mol. The third-order valence-corrected chi connectivity index (χ3v) is 5.01. The molecule has 4 rings (SSSR count). The number of anilines is 1. The molecule has 31 heavy (non-hydrogen) atoms. The van der Waals surface area contributed by atoms with E-state index in [0.717, 1.165) is 17.7 Å². The van der Waals surface area contributed by atoms with Gasteiger partial charge in [-0.25, -0.2) is 0 Å². The normalized spacial score (nSPS) is 13.5. The summed E-state index contributed by atoms with van der Waals surface area (Å²) < 4.78 is 43.3. The summed E-state index contributed by atoms with van der Waals surface area (Å²) in [5, 5.41) is 0. The molecule has 9 heteroatoms. The number of hydrogen-bond acceptors (Lipinski definition) is 3. The molecule has 3 aromatic rings. The largest absolute Gasteiger partial charge is 0.573 e. The third-order valence-electron chi connectivity index (χ3n) is 5.01. The average Bonchev–Trinajstić information content (AvgIpc) is 3.14. The SMILES string of the molecule is Cl.NCCc1ccc(N2CCn3cc(-c4cccc(OC(F)(F)F)c4)cc3C2=O)cc1. The summed E-state index contributed by atoms with van der Waals surface area (Å²) in [5.74, 6) is -0.448. The van der Waals surface area contributed by atoms with Gasteiger partial charge in [0.25, 0.3) is 5.91 Å². The molecule has 5 nitrogen and oxygen atoms in total. The Morgan fingerprint density at radius 1 is 1.00 bits per heavy atom. The van der Waals surface area contributed by atoms with Gasteiger partial charge in [-0.2, -0.15) is 0 Å². The molecule has 0 radical (unpaired) electrons. The van der Waals surface area contributed by atoms with E-state index in [0.29, 0.717) is 36.5 Å². The molecule has 164 valence electrons. The van der Waals surface area contributed by atoms with Crippen LogP contribution in [0.25, 0.3) is 11.1 Å². The molecule has 0 bridgehead atoms. The highest BCUT2D eigenvalue weighted by Gasteiger charge is 2.31. The molecule has 0 saturated heterocycles. The van der Waals surface area contributed by atoms with E-state index in [-0.39, 0.29) is 24.1 Å². The Balaban J connectivity index is 0.00000272. The lowest BCUT2D eigenvalue weighted by atomic mass is 10.1. The Bertz CT molecular complexity index is 1060. The van der Waals surface area contributed by atoms with E-state index >= 15 is 0 Å². The molecule has 0 atom stereocenters. The molecule has 2 N–H and O–H groups in total.